The van der Waals surface area contributed by atoms with E-state index in [-0.39, 0.29) is 35.6 Å². The molecule has 2 aromatic rings. The van der Waals surface area contributed by atoms with Crippen LogP contribution >= 0.6 is 24.0 Å². The molecule has 0 atom stereocenters. The topological polar surface area (TPSA) is 85.8 Å². The maximum Gasteiger partial charge on any atom is 0.251 e. The van der Waals surface area contributed by atoms with Gasteiger partial charge in [0.15, 0.2) is 5.96 Å². The van der Waals surface area contributed by atoms with Crippen LogP contribution in [-0.2, 0) is 13.0 Å². The molecule has 0 aliphatic rings. The van der Waals surface area contributed by atoms with Gasteiger partial charge >= 0.3 is 0 Å². The van der Waals surface area contributed by atoms with Gasteiger partial charge < -0.3 is 21.1 Å². The van der Waals surface area contributed by atoms with E-state index in [0.717, 1.165) is 30.1 Å². The van der Waals surface area contributed by atoms with E-state index in [0.29, 0.717) is 18.7 Å². The third kappa shape index (κ3) is 7.86. The second-order valence-electron chi connectivity index (χ2n) is 5.82. The molecule has 0 aromatic heterocycles. The number of carbonyl (C=O) groups is 1. The highest BCUT2D eigenvalue weighted by atomic mass is 127. The number of rotatable bonds is 7. The van der Waals surface area contributed by atoms with Gasteiger partial charge in [-0.15, -0.1) is 24.0 Å². The minimum absolute atomic E-state index is 0. The maximum absolute atomic E-state index is 11.7. The van der Waals surface area contributed by atoms with Crippen LogP contribution in [0.1, 0.15) is 28.4 Å². The lowest BCUT2D eigenvalue weighted by Crippen LogP contribution is -2.38. The molecule has 2 rings (SSSR count). The molecule has 146 valence electrons. The molecule has 0 unspecified atom stereocenters. The molecule has 0 saturated carbocycles. The van der Waals surface area contributed by atoms with Gasteiger partial charge in [-0.3, -0.25) is 4.79 Å². The lowest BCUT2D eigenvalue weighted by atomic mass is 10.1. The quantitative estimate of drug-likeness (QED) is 0.278. The number of carbonyl (C=O) groups excluding carboxylic acids is 1. The molecule has 0 heterocycles. The minimum Gasteiger partial charge on any atom is -0.508 e. The monoisotopic (exact) mass is 482 g/mol. The van der Waals surface area contributed by atoms with E-state index in [1.165, 1.54) is 0 Å². The zero-order valence-electron chi connectivity index (χ0n) is 15.7. The Labute approximate surface area is 177 Å². The Balaban J connectivity index is 0.00000364. The van der Waals surface area contributed by atoms with Crippen molar-refractivity contribution in [3.63, 3.8) is 0 Å². The average molecular weight is 482 g/mol. The average Bonchev–Trinajstić information content (AvgIpc) is 2.67. The number of nitrogens with zero attached hydrogens (tertiary/aromatic N) is 1. The molecule has 4 N–H and O–H groups in total. The number of amides is 1. The van der Waals surface area contributed by atoms with Crippen LogP contribution in [0.4, 0.5) is 0 Å². The smallest absolute Gasteiger partial charge is 0.251 e. The fourth-order valence-electron chi connectivity index (χ4n) is 2.45. The molecule has 0 aliphatic heterocycles. The van der Waals surface area contributed by atoms with Crippen LogP contribution in [0.25, 0.3) is 0 Å². The van der Waals surface area contributed by atoms with Crippen LogP contribution < -0.4 is 16.0 Å². The lowest BCUT2D eigenvalue weighted by molar-refractivity contribution is 0.0963. The van der Waals surface area contributed by atoms with Gasteiger partial charge in [0.25, 0.3) is 5.91 Å². The third-order valence-electron chi connectivity index (χ3n) is 3.82. The molecule has 7 heteroatoms. The molecule has 27 heavy (non-hydrogen) atoms. The number of hydrogen-bond acceptors (Lipinski definition) is 3. The van der Waals surface area contributed by atoms with E-state index in [2.05, 4.69) is 20.9 Å². The normalized spacial score (nSPS) is 10.7. The molecule has 2 aromatic carbocycles. The highest BCUT2D eigenvalue weighted by molar-refractivity contribution is 14.0. The first-order chi connectivity index (χ1) is 12.6. The van der Waals surface area contributed by atoms with Crippen molar-refractivity contribution in [3.05, 3.63) is 65.2 Å². The second kappa shape index (κ2) is 12.2. The Hall–Kier alpha value is -2.29. The Morgan fingerprint density at radius 1 is 1.07 bits per heavy atom. The summed E-state index contributed by atoms with van der Waals surface area (Å²) in [6, 6.07) is 14.6. The zero-order chi connectivity index (χ0) is 18.8. The van der Waals surface area contributed by atoms with Gasteiger partial charge in [0, 0.05) is 25.7 Å². The third-order valence-corrected chi connectivity index (χ3v) is 3.82. The van der Waals surface area contributed by atoms with Crippen molar-refractivity contribution in [2.45, 2.75) is 19.9 Å². The van der Waals surface area contributed by atoms with Gasteiger partial charge in [0.1, 0.15) is 5.75 Å². The number of phenols is 1. The number of halogens is 1. The molecular weight excluding hydrogens is 455 g/mol. The van der Waals surface area contributed by atoms with E-state index in [9.17, 15) is 9.90 Å². The Bertz CT molecular complexity index is 748. The second-order valence-corrected chi connectivity index (χ2v) is 5.82. The van der Waals surface area contributed by atoms with Crippen molar-refractivity contribution in [1.82, 2.24) is 16.0 Å². The zero-order valence-corrected chi connectivity index (χ0v) is 18.0. The summed E-state index contributed by atoms with van der Waals surface area (Å²) >= 11 is 0. The number of phenolic OH excluding ortho intramolecular Hbond substituents is 1. The maximum atomic E-state index is 11.7. The molecule has 0 radical (unpaired) electrons. The number of aromatic hydroxyl groups is 1. The summed E-state index contributed by atoms with van der Waals surface area (Å²) in [6.07, 6.45) is 0.786. The van der Waals surface area contributed by atoms with E-state index >= 15 is 0 Å². The van der Waals surface area contributed by atoms with E-state index in [4.69, 9.17) is 0 Å². The van der Waals surface area contributed by atoms with Crippen molar-refractivity contribution in [2.75, 3.05) is 20.1 Å². The Morgan fingerprint density at radius 2 is 1.81 bits per heavy atom. The molecule has 0 fully saturated rings. The van der Waals surface area contributed by atoms with Gasteiger partial charge in [-0.2, -0.15) is 0 Å². The molecule has 0 aliphatic carbocycles. The van der Waals surface area contributed by atoms with Gasteiger partial charge in [-0.1, -0.05) is 24.3 Å². The van der Waals surface area contributed by atoms with Gasteiger partial charge in [-0.25, -0.2) is 4.99 Å². The predicted molar refractivity (Wildman–Crippen MR) is 120 cm³/mol. The van der Waals surface area contributed by atoms with Crippen molar-refractivity contribution in [2.24, 2.45) is 4.99 Å². The van der Waals surface area contributed by atoms with Gasteiger partial charge in [0.2, 0.25) is 0 Å². The minimum atomic E-state index is -0.0800. The molecule has 1 amide bonds. The molecular formula is C20H27IN4O2. The summed E-state index contributed by atoms with van der Waals surface area (Å²) in [6.45, 7) is 4.03. The van der Waals surface area contributed by atoms with Gasteiger partial charge in [0.05, 0.1) is 6.54 Å². The van der Waals surface area contributed by atoms with Crippen LogP contribution in [-0.4, -0.2) is 37.1 Å². The summed E-state index contributed by atoms with van der Waals surface area (Å²) in [4.78, 5) is 16.3. The molecule has 0 saturated heterocycles. The first kappa shape index (κ1) is 22.8. The molecule has 0 bridgehead atoms. The lowest BCUT2D eigenvalue weighted by Gasteiger charge is -2.12. The summed E-state index contributed by atoms with van der Waals surface area (Å²) < 4.78 is 0. The molecule has 6 nitrogen and oxygen atoms in total. The number of aliphatic imine (C=N–C) groups is 1. The van der Waals surface area contributed by atoms with Crippen LogP contribution in [0, 0.1) is 0 Å². The van der Waals surface area contributed by atoms with Crippen molar-refractivity contribution < 1.29 is 9.90 Å². The van der Waals surface area contributed by atoms with Crippen molar-refractivity contribution in [3.8, 4) is 5.75 Å². The van der Waals surface area contributed by atoms with E-state index in [1.807, 2.05) is 37.3 Å². The van der Waals surface area contributed by atoms with Crippen molar-refractivity contribution in [1.29, 1.82) is 0 Å². The van der Waals surface area contributed by atoms with Crippen molar-refractivity contribution >= 4 is 35.8 Å². The fraction of sp³-hybridized carbons (Fsp3) is 0.300. The summed E-state index contributed by atoms with van der Waals surface area (Å²) in [5.74, 6) is 0.911. The predicted octanol–water partition coefficient (Wildman–Crippen LogP) is 2.67. The molecule has 0 spiro atoms. The SMILES string of the molecule is CCNC(=NCc1ccc(O)cc1)NCCc1cccc(C(=O)NC)c1.I. The summed E-state index contributed by atoms with van der Waals surface area (Å²) in [5.41, 5.74) is 2.78. The van der Waals surface area contributed by atoms with Crippen LogP contribution in [0.3, 0.4) is 0 Å². The number of benzene rings is 2. The van der Waals surface area contributed by atoms with E-state index < -0.39 is 0 Å². The summed E-state index contributed by atoms with van der Waals surface area (Å²) in [7, 11) is 1.63. The van der Waals surface area contributed by atoms with Crippen LogP contribution in [0.15, 0.2) is 53.5 Å². The highest BCUT2D eigenvalue weighted by Gasteiger charge is 2.04. The Kier molecular flexibility index (Phi) is 10.2. The van der Waals surface area contributed by atoms with Gasteiger partial charge in [-0.05, 0) is 48.7 Å². The number of hydrogen-bond donors (Lipinski definition) is 4. The van der Waals surface area contributed by atoms with Crippen LogP contribution in [0.5, 0.6) is 5.75 Å². The fourth-order valence-corrected chi connectivity index (χ4v) is 2.45. The van der Waals surface area contributed by atoms with Crippen LogP contribution in [0.2, 0.25) is 0 Å². The standard InChI is InChI=1S/C20H26N4O2.HI/c1-3-22-20(24-14-16-7-9-18(25)10-8-16)23-12-11-15-5-4-6-17(13-15)19(26)21-2;/h4-10,13,25H,3,11-12,14H2,1-2H3,(H,21,26)(H2,22,23,24);1H. The number of nitrogens with one attached hydrogen (secondary N) is 3. The van der Waals surface area contributed by atoms with E-state index in [1.54, 1.807) is 25.2 Å². The largest absolute Gasteiger partial charge is 0.508 e. The first-order valence-corrected chi connectivity index (χ1v) is 8.73. The first-order valence-electron chi connectivity index (χ1n) is 8.73. The summed E-state index contributed by atoms with van der Waals surface area (Å²) in [5, 5.41) is 18.5. The highest BCUT2D eigenvalue weighted by Crippen LogP contribution is 2.10. The number of guanidine groups is 1. The Morgan fingerprint density at radius 3 is 2.48 bits per heavy atom.